The third-order valence-electron chi connectivity index (χ3n) is 11.8. The van der Waals surface area contributed by atoms with Crippen molar-refractivity contribution in [3.05, 3.63) is 85.1 Å². The van der Waals surface area contributed by atoms with E-state index in [2.05, 4.69) is 106 Å². The molecule has 0 aliphatic heterocycles. The van der Waals surface area contributed by atoms with E-state index in [1.54, 1.807) is 0 Å². The maximum absolute atomic E-state index is 12.8. The molecule has 0 saturated carbocycles. The van der Waals surface area contributed by atoms with Crippen LogP contribution in [0.4, 0.5) is 0 Å². The predicted octanol–water partition coefficient (Wildman–Crippen LogP) is 18.8. The third-order valence-corrected chi connectivity index (χ3v) is 11.8. The molecule has 0 bridgehead atoms. The Hall–Kier alpha value is -3.41. The zero-order chi connectivity index (χ0) is 48.6. The summed E-state index contributed by atoms with van der Waals surface area (Å²) < 4.78 is 16.8. The van der Waals surface area contributed by atoms with Crippen LogP contribution in [0.1, 0.15) is 265 Å². The van der Waals surface area contributed by atoms with Crippen LogP contribution in [-0.2, 0) is 28.6 Å². The molecule has 6 heteroatoms. The van der Waals surface area contributed by atoms with E-state index in [-0.39, 0.29) is 31.1 Å². The van der Waals surface area contributed by atoms with Crippen LogP contribution >= 0.6 is 0 Å². The lowest BCUT2D eigenvalue weighted by Gasteiger charge is -2.18. The molecule has 6 nitrogen and oxygen atoms in total. The first-order chi connectivity index (χ1) is 33.0. The monoisotopic (exact) mass is 933 g/mol. The van der Waals surface area contributed by atoms with Crippen LogP contribution in [0.25, 0.3) is 0 Å². The number of allylic oxidation sites excluding steroid dienone is 14. The van der Waals surface area contributed by atoms with Gasteiger partial charge in [0.2, 0.25) is 0 Å². The van der Waals surface area contributed by atoms with Crippen molar-refractivity contribution in [2.24, 2.45) is 0 Å². The van der Waals surface area contributed by atoms with E-state index >= 15 is 0 Å². The fourth-order valence-electron chi connectivity index (χ4n) is 7.57. The minimum Gasteiger partial charge on any atom is -0.462 e. The molecule has 0 aliphatic rings. The smallest absolute Gasteiger partial charge is 0.306 e. The van der Waals surface area contributed by atoms with Crippen molar-refractivity contribution < 1.29 is 28.6 Å². The number of unbranched alkanes of at least 4 members (excludes halogenated alkanes) is 25. The molecule has 0 N–H and O–H groups in total. The van der Waals surface area contributed by atoms with E-state index in [1.807, 2.05) is 0 Å². The van der Waals surface area contributed by atoms with E-state index in [1.165, 1.54) is 109 Å². The number of carbonyl (C=O) groups excluding carboxylic acids is 3. The molecule has 0 aromatic carbocycles. The van der Waals surface area contributed by atoms with Crippen molar-refractivity contribution in [1.82, 2.24) is 0 Å². The summed E-state index contributed by atoms with van der Waals surface area (Å²) in [5.41, 5.74) is 0. The van der Waals surface area contributed by atoms with Crippen LogP contribution in [0.3, 0.4) is 0 Å². The van der Waals surface area contributed by atoms with Gasteiger partial charge in [0.15, 0.2) is 6.10 Å². The van der Waals surface area contributed by atoms with Gasteiger partial charge in [-0.25, -0.2) is 0 Å². The Bertz CT molecular complexity index is 1300. The van der Waals surface area contributed by atoms with Crippen molar-refractivity contribution in [2.75, 3.05) is 13.2 Å². The largest absolute Gasteiger partial charge is 0.462 e. The van der Waals surface area contributed by atoms with Gasteiger partial charge in [-0.2, -0.15) is 0 Å². The summed E-state index contributed by atoms with van der Waals surface area (Å²) in [6.45, 7) is 6.54. The molecule has 384 valence electrons. The van der Waals surface area contributed by atoms with Gasteiger partial charge in [0, 0.05) is 19.3 Å². The second-order valence-electron chi connectivity index (χ2n) is 18.5. The Balaban J connectivity index is 4.49. The average molecular weight is 933 g/mol. The maximum atomic E-state index is 12.8. The highest BCUT2D eigenvalue weighted by Crippen LogP contribution is 2.13. The minimum atomic E-state index is -0.802. The van der Waals surface area contributed by atoms with Gasteiger partial charge in [0.25, 0.3) is 0 Å². The Morgan fingerprint density at radius 1 is 0.299 bits per heavy atom. The van der Waals surface area contributed by atoms with E-state index in [9.17, 15) is 14.4 Å². The van der Waals surface area contributed by atoms with Crippen LogP contribution in [-0.4, -0.2) is 37.2 Å². The van der Waals surface area contributed by atoms with Crippen molar-refractivity contribution in [3.8, 4) is 0 Å². The zero-order valence-corrected chi connectivity index (χ0v) is 43.9. The van der Waals surface area contributed by atoms with Crippen LogP contribution < -0.4 is 0 Å². The number of carbonyl (C=O) groups is 3. The highest BCUT2D eigenvalue weighted by molar-refractivity contribution is 5.71. The Labute approximate surface area is 414 Å². The van der Waals surface area contributed by atoms with Gasteiger partial charge < -0.3 is 14.2 Å². The van der Waals surface area contributed by atoms with E-state index < -0.39 is 6.10 Å². The molecule has 0 radical (unpaired) electrons. The molecule has 0 aliphatic carbocycles. The number of hydrogen-bond donors (Lipinski definition) is 0. The number of rotatable bonds is 50. The average Bonchev–Trinajstić information content (AvgIpc) is 3.33. The fourth-order valence-corrected chi connectivity index (χ4v) is 7.57. The number of hydrogen-bond acceptors (Lipinski definition) is 6. The molecule has 1 atom stereocenters. The summed E-state index contributed by atoms with van der Waals surface area (Å²) in [7, 11) is 0. The summed E-state index contributed by atoms with van der Waals surface area (Å²) in [5, 5.41) is 0. The first kappa shape index (κ1) is 63.6. The first-order valence-corrected chi connectivity index (χ1v) is 28.1. The SMILES string of the molecule is CCCCC/C=C\C/C=C\C/C=C\CCCCCCC(=O)OC[C@H](COC(=O)CCCCCCC/C=C\CCCCCCCC)OC(=O)CCCCCC/C=C\C/C=C\C/C=C\CCCCC. The number of esters is 3. The van der Waals surface area contributed by atoms with Crippen molar-refractivity contribution in [1.29, 1.82) is 0 Å². The Morgan fingerprint density at radius 3 is 0.881 bits per heavy atom. The summed E-state index contributed by atoms with van der Waals surface area (Å²) in [6.07, 6.45) is 71.3. The van der Waals surface area contributed by atoms with Gasteiger partial charge in [-0.15, -0.1) is 0 Å². The normalized spacial score (nSPS) is 12.7. The van der Waals surface area contributed by atoms with Crippen molar-refractivity contribution in [2.45, 2.75) is 271 Å². The summed E-state index contributed by atoms with van der Waals surface area (Å²) >= 11 is 0. The van der Waals surface area contributed by atoms with Gasteiger partial charge in [-0.3, -0.25) is 14.4 Å². The van der Waals surface area contributed by atoms with Gasteiger partial charge in [0.05, 0.1) is 0 Å². The van der Waals surface area contributed by atoms with Crippen molar-refractivity contribution in [3.63, 3.8) is 0 Å². The van der Waals surface area contributed by atoms with Gasteiger partial charge in [0.1, 0.15) is 13.2 Å². The van der Waals surface area contributed by atoms with E-state index in [0.29, 0.717) is 19.3 Å². The molecule has 0 fully saturated rings. The van der Waals surface area contributed by atoms with Crippen LogP contribution in [0.15, 0.2) is 85.1 Å². The standard InChI is InChI=1S/C61H104O6/c1-4-7-10-13-16-19-22-25-28-30-33-36-39-42-45-48-51-54-60(63)66-57-58(56-65-59(62)53-50-47-44-41-38-35-32-27-24-21-18-15-12-9-6-3)67-61(64)55-52-49-46-43-40-37-34-31-29-26-23-20-17-14-11-8-5-2/h16-17,19-20,25-29,32-34,36-37,58H,4-15,18,21-24,30-31,35,38-57H2,1-3H3/b19-16-,20-17-,28-25-,29-26-,32-27-,36-33-,37-34-/t58-/m0/s1. The van der Waals surface area contributed by atoms with Crippen LogP contribution in [0, 0.1) is 0 Å². The predicted molar refractivity (Wildman–Crippen MR) is 288 cm³/mol. The minimum absolute atomic E-state index is 0.0975. The molecule has 0 unspecified atom stereocenters. The zero-order valence-electron chi connectivity index (χ0n) is 43.9. The summed E-state index contributed by atoms with van der Waals surface area (Å²) in [6, 6.07) is 0. The lowest BCUT2D eigenvalue weighted by molar-refractivity contribution is -0.167. The topological polar surface area (TPSA) is 78.9 Å². The summed E-state index contributed by atoms with van der Waals surface area (Å²) in [4.78, 5) is 38.1. The van der Waals surface area contributed by atoms with E-state index in [0.717, 1.165) is 116 Å². The summed E-state index contributed by atoms with van der Waals surface area (Å²) in [5.74, 6) is -0.946. The molecular formula is C61H104O6. The number of ether oxygens (including phenoxy) is 3. The Kier molecular flexibility index (Phi) is 52.4. The molecule has 0 aromatic rings. The molecule has 0 saturated heterocycles. The second-order valence-corrected chi connectivity index (χ2v) is 18.5. The van der Waals surface area contributed by atoms with Crippen molar-refractivity contribution >= 4 is 17.9 Å². The Morgan fingerprint density at radius 2 is 0.537 bits per heavy atom. The first-order valence-electron chi connectivity index (χ1n) is 28.1. The lowest BCUT2D eigenvalue weighted by atomic mass is 10.1. The molecule has 67 heavy (non-hydrogen) atoms. The van der Waals surface area contributed by atoms with Crippen LogP contribution in [0.2, 0.25) is 0 Å². The molecule has 0 aromatic heterocycles. The highest BCUT2D eigenvalue weighted by Gasteiger charge is 2.19. The van der Waals surface area contributed by atoms with Gasteiger partial charge in [-0.05, 0) is 122 Å². The molecule has 0 rings (SSSR count). The third kappa shape index (κ3) is 53.4. The molecule has 0 spiro atoms. The quantitative estimate of drug-likeness (QED) is 0.0262. The fraction of sp³-hybridized carbons (Fsp3) is 0.721. The van der Waals surface area contributed by atoms with Gasteiger partial charge in [-0.1, -0.05) is 209 Å². The highest BCUT2D eigenvalue weighted by atomic mass is 16.6. The van der Waals surface area contributed by atoms with Crippen LogP contribution in [0.5, 0.6) is 0 Å². The molecule has 0 amide bonds. The van der Waals surface area contributed by atoms with Gasteiger partial charge >= 0.3 is 17.9 Å². The molecular weight excluding hydrogens is 829 g/mol. The lowest BCUT2D eigenvalue weighted by Crippen LogP contribution is -2.30. The van der Waals surface area contributed by atoms with E-state index in [4.69, 9.17) is 14.2 Å². The maximum Gasteiger partial charge on any atom is 0.306 e. The second kappa shape index (κ2) is 55.2. The molecule has 0 heterocycles.